The molecule has 1 saturated heterocycles. The molecule has 2 aromatic carbocycles. The largest absolute Gasteiger partial charge is 0.352 e. The van der Waals surface area contributed by atoms with Gasteiger partial charge in [0.1, 0.15) is 11.6 Å². The number of aromatic nitrogens is 2. The summed E-state index contributed by atoms with van der Waals surface area (Å²) in [4.78, 5) is 26.7. The molecule has 5 nitrogen and oxygen atoms in total. The molecule has 2 heterocycles. The number of halogens is 1. The van der Waals surface area contributed by atoms with Crippen molar-refractivity contribution in [2.24, 2.45) is 0 Å². The fraction of sp³-hybridized carbons (Fsp3) is 0.348. The van der Waals surface area contributed by atoms with E-state index in [1.165, 1.54) is 0 Å². The molecule has 1 aromatic heterocycles. The Kier molecular flexibility index (Phi) is 4.63. The Bertz CT molecular complexity index is 1070. The van der Waals surface area contributed by atoms with E-state index in [0.717, 1.165) is 59.6 Å². The average molecular weight is 407 g/mol. The van der Waals surface area contributed by atoms with Gasteiger partial charge in [-0.2, -0.15) is 0 Å². The van der Waals surface area contributed by atoms with Crippen molar-refractivity contribution in [1.82, 2.24) is 14.9 Å². The molecule has 0 atom stereocenters. The number of anilines is 1. The summed E-state index contributed by atoms with van der Waals surface area (Å²) in [6, 6.07) is 13.6. The molecule has 2 aliphatic rings. The number of aryl methyl sites for hydroxylation is 1. The standard InChI is InChI=1S/C23H23ClN4O/c1-15-2-4-17(5-3-15)23(29)28-12-10-27(11-13-28)22-19-9-8-18(24)14-20(19)25-21(26-22)16-6-7-16/h2-5,8-9,14,16H,6-7,10-13H2,1H3. The second-order valence-electron chi connectivity index (χ2n) is 7.99. The van der Waals surface area contributed by atoms with E-state index in [9.17, 15) is 4.79 Å². The molecule has 0 spiro atoms. The molecule has 0 bridgehead atoms. The molecule has 2 fully saturated rings. The van der Waals surface area contributed by atoms with Gasteiger partial charge in [-0.25, -0.2) is 9.97 Å². The third-order valence-electron chi connectivity index (χ3n) is 5.76. The number of piperazine rings is 1. The number of carbonyl (C=O) groups is 1. The Hall–Kier alpha value is -2.66. The molecule has 3 aromatic rings. The van der Waals surface area contributed by atoms with Gasteiger partial charge < -0.3 is 9.80 Å². The van der Waals surface area contributed by atoms with Crippen molar-refractivity contribution in [3.63, 3.8) is 0 Å². The van der Waals surface area contributed by atoms with Crippen LogP contribution in [0.25, 0.3) is 10.9 Å². The Labute approximate surface area is 175 Å². The number of amides is 1. The molecule has 0 radical (unpaired) electrons. The molecular weight excluding hydrogens is 384 g/mol. The van der Waals surface area contributed by atoms with Gasteiger partial charge in [-0.05, 0) is 50.1 Å². The first-order valence-electron chi connectivity index (χ1n) is 10.2. The first-order valence-corrected chi connectivity index (χ1v) is 10.5. The van der Waals surface area contributed by atoms with Gasteiger partial charge in [0.25, 0.3) is 5.91 Å². The van der Waals surface area contributed by atoms with E-state index in [2.05, 4.69) is 4.90 Å². The van der Waals surface area contributed by atoms with Crippen molar-refractivity contribution in [3.05, 3.63) is 64.4 Å². The van der Waals surface area contributed by atoms with Gasteiger partial charge in [-0.1, -0.05) is 29.3 Å². The molecule has 6 heteroatoms. The first-order chi connectivity index (χ1) is 14.1. The average Bonchev–Trinajstić information content (AvgIpc) is 3.58. The molecule has 29 heavy (non-hydrogen) atoms. The Morgan fingerprint density at radius 2 is 1.72 bits per heavy atom. The molecule has 1 amide bonds. The highest BCUT2D eigenvalue weighted by atomic mass is 35.5. The molecule has 148 valence electrons. The number of benzene rings is 2. The Morgan fingerprint density at radius 1 is 1.00 bits per heavy atom. The van der Waals surface area contributed by atoms with E-state index in [4.69, 9.17) is 21.6 Å². The van der Waals surface area contributed by atoms with Gasteiger partial charge in [0, 0.05) is 48.1 Å². The van der Waals surface area contributed by atoms with Crippen LogP contribution in [0.3, 0.4) is 0 Å². The zero-order valence-corrected chi connectivity index (χ0v) is 17.2. The summed E-state index contributed by atoms with van der Waals surface area (Å²) in [5, 5.41) is 1.72. The summed E-state index contributed by atoms with van der Waals surface area (Å²) in [5.41, 5.74) is 2.82. The summed E-state index contributed by atoms with van der Waals surface area (Å²) >= 11 is 6.21. The molecule has 1 saturated carbocycles. The number of hydrogen-bond donors (Lipinski definition) is 0. The highest BCUT2D eigenvalue weighted by molar-refractivity contribution is 6.31. The third kappa shape index (κ3) is 3.67. The van der Waals surface area contributed by atoms with Gasteiger partial charge in [-0.3, -0.25) is 4.79 Å². The van der Waals surface area contributed by atoms with Crippen LogP contribution in [0, 0.1) is 6.92 Å². The minimum Gasteiger partial charge on any atom is -0.352 e. The SMILES string of the molecule is Cc1ccc(C(=O)N2CCN(c3nc(C4CC4)nc4cc(Cl)ccc34)CC2)cc1. The van der Waals surface area contributed by atoms with Crippen LogP contribution in [0.4, 0.5) is 5.82 Å². The number of hydrogen-bond acceptors (Lipinski definition) is 4. The second kappa shape index (κ2) is 7.30. The fourth-order valence-corrected chi connectivity index (χ4v) is 4.04. The minimum atomic E-state index is 0.0997. The lowest BCUT2D eigenvalue weighted by Gasteiger charge is -2.36. The zero-order chi connectivity index (χ0) is 20.0. The fourth-order valence-electron chi connectivity index (χ4n) is 3.87. The maximum Gasteiger partial charge on any atom is 0.253 e. The zero-order valence-electron chi connectivity index (χ0n) is 16.4. The summed E-state index contributed by atoms with van der Waals surface area (Å²) < 4.78 is 0. The van der Waals surface area contributed by atoms with E-state index >= 15 is 0 Å². The van der Waals surface area contributed by atoms with Crippen LogP contribution >= 0.6 is 11.6 Å². The topological polar surface area (TPSA) is 49.3 Å². The Balaban J connectivity index is 1.38. The monoisotopic (exact) mass is 406 g/mol. The lowest BCUT2D eigenvalue weighted by molar-refractivity contribution is 0.0746. The van der Waals surface area contributed by atoms with Crippen molar-refractivity contribution in [2.45, 2.75) is 25.7 Å². The molecular formula is C23H23ClN4O. The maximum atomic E-state index is 12.8. The minimum absolute atomic E-state index is 0.0997. The van der Waals surface area contributed by atoms with E-state index in [1.54, 1.807) is 0 Å². The summed E-state index contributed by atoms with van der Waals surface area (Å²) in [7, 11) is 0. The van der Waals surface area contributed by atoms with Crippen LogP contribution < -0.4 is 4.90 Å². The van der Waals surface area contributed by atoms with Crippen LogP contribution in [0.5, 0.6) is 0 Å². The second-order valence-corrected chi connectivity index (χ2v) is 8.42. The van der Waals surface area contributed by atoms with Crippen LogP contribution in [0.15, 0.2) is 42.5 Å². The van der Waals surface area contributed by atoms with Crippen molar-refractivity contribution < 1.29 is 4.79 Å². The molecule has 1 aliphatic carbocycles. The van der Waals surface area contributed by atoms with Crippen LogP contribution in [0.2, 0.25) is 5.02 Å². The molecule has 0 unspecified atom stereocenters. The predicted octanol–water partition coefficient (Wildman–Crippen LogP) is 4.43. The molecule has 0 N–H and O–H groups in total. The summed E-state index contributed by atoms with van der Waals surface area (Å²) in [6.45, 7) is 4.92. The lowest BCUT2D eigenvalue weighted by atomic mass is 10.1. The van der Waals surface area contributed by atoms with Crippen molar-refractivity contribution >= 4 is 34.2 Å². The Morgan fingerprint density at radius 3 is 2.41 bits per heavy atom. The van der Waals surface area contributed by atoms with E-state index < -0.39 is 0 Å². The van der Waals surface area contributed by atoms with Gasteiger partial charge in [0.15, 0.2) is 0 Å². The van der Waals surface area contributed by atoms with Crippen molar-refractivity contribution in [3.8, 4) is 0 Å². The maximum absolute atomic E-state index is 12.8. The first kappa shape index (κ1) is 18.4. The van der Waals surface area contributed by atoms with Gasteiger partial charge in [0.2, 0.25) is 0 Å². The van der Waals surface area contributed by atoms with Gasteiger partial charge in [-0.15, -0.1) is 0 Å². The predicted molar refractivity (Wildman–Crippen MR) is 116 cm³/mol. The third-order valence-corrected chi connectivity index (χ3v) is 6.00. The number of nitrogens with zero attached hydrogens (tertiary/aromatic N) is 4. The molecule has 1 aliphatic heterocycles. The van der Waals surface area contributed by atoms with E-state index in [1.807, 2.05) is 54.3 Å². The number of rotatable bonds is 3. The smallest absolute Gasteiger partial charge is 0.253 e. The van der Waals surface area contributed by atoms with E-state index in [0.29, 0.717) is 24.0 Å². The van der Waals surface area contributed by atoms with Crippen LogP contribution in [-0.4, -0.2) is 47.0 Å². The van der Waals surface area contributed by atoms with Gasteiger partial charge in [0.05, 0.1) is 5.52 Å². The summed E-state index contributed by atoms with van der Waals surface area (Å²) in [6.07, 6.45) is 2.31. The van der Waals surface area contributed by atoms with Crippen molar-refractivity contribution in [1.29, 1.82) is 0 Å². The van der Waals surface area contributed by atoms with Gasteiger partial charge >= 0.3 is 0 Å². The number of carbonyl (C=O) groups excluding carboxylic acids is 1. The number of fused-ring (bicyclic) bond motifs is 1. The summed E-state index contributed by atoms with van der Waals surface area (Å²) in [5.74, 6) is 2.47. The molecule has 5 rings (SSSR count). The normalized spacial score (nSPS) is 17.0. The quantitative estimate of drug-likeness (QED) is 0.645. The van der Waals surface area contributed by atoms with E-state index in [-0.39, 0.29) is 5.91 Å². The van der Waals surface area contributed by atoms with Crippen LogP contribution in [-0.2, 0) is 0 Å². The highest BCUT2D eigenvalue weighted by Crippen LogP contribution is 2.40. The van der Waals surface area contributed by atoms with Crippen LogP contribution in [0.1, 0.15) is 40.5 Å². The highest BCUT2D eigenvalue weighted by Gasteiger charge is 2.29. The lowest BCUT2D eigenvalue weighted by Crippen LogP contribution is -2.49. The van der Waals surface area contributed by atoms with Crippen molar-refractivity contribution in [2.75, 3.05) is 31.1 Å².